The van der Waals surface area contributed by atoms with E-state index in [4.69, 9.17) is 14.6 Å². The maximum atomic E-state index is 12.3. The molecule has 0 fully saturated rings. The molecule has 4 rings (SSSR count). The van der Waals surface area contributed by atoms with Gasteiger partial charge in [-0.15, -0.1) is 0 Å². The minimum Gasteiger partial charge on any atom is -0.480 e. The van der Waals surface area contributed by atoms with Gasteiger partial charge >= 0.3 is 5.97 Å². The van der Waals surface area contributed by atoms with Crippen LogP contribution in [-0.4, -0.2) is 43.5 Å². The van der Waals surface area contributed by atoms with Crippen LogP contribution in [-0.2, 0) is 16.1 Å². The summed E-state index contributed by atoms with van der Waals surface area (Å²) in [4.78, 5) is 23.3. The Kier molecular flexibility index (Phi) is 6.73. The van der Waals surface area contributed by atoms with E-state index in [0.29, 0.717) is 11.3 Å². The number of anilines is 2. The fourth-order valence-corrected chi connectivity index (χ4v) is 3.95. The number of carboxylic acid groups (broad SMARTS) is 1. The zero-order chi connectivity index (χ0) is 24.2. The molecule has 4 N–H and O–H groups in total. The molecule has 34 heavy (non-hydrogen) atoms. The molecule has 0 aliphatic heterocycles. The van der Waals surface area contributed by atoms with Gasteiger partial charge in [-0.1, -0.05) is 42.5 Å². The summed E-state index contributed by atoms with van der Waals surface area (Å²) in [5.41, 5.74) is 2.68. The first-order chi connectivity index (χ1) is 16.4. The number of aliphatic hydroxyl groups excluding tert-OH is 1. The van der Waals surface area contributed by atoms with Gasteiger partial charge in [0.25, 0.3) is 17.2 Å². The lowest BCUT2D eigenvalue weighted by atomic mass is 10.0. The Labute approximate surface area is 196 Å². The number of para-hydroxylation sites is 1. The SMILES string of the molecule is O=C(NC(CO)C(=O)O)c1ccc(-c2cccc(N(c3cc4ccccc4o3)S(=O)O)c2)cc1. The maximum absolute atomic E-state index is 12.3. The first-order valence-electron chi connectivity index (χ1n) is 10.1. The van der Waals surface area contributed by atoms with Crippen molar-refractivity contribution in [3.63, 3.8) is 0 Å². The van der Waals surface area contributed by atoms with Crippen LogP contribution in [0.3, 0.4) is 0 Å². The predicted molar refractivity (Wildman–Crippen MR) is 127 cm³/mol. The molecule has 1 heterocycles. The Bertz CT molecular complexity index is 1330. The highest BCUT2D eigenvalue weighted by Gasteiger charge is 2.21. The summed E-state index contributed by atoms with van der Waals surface area (Å²) in [5, 5.41) is 21.1. The molecule has 3 aromatic carbocycles. The van der Waals surface area contributed by atoms with Crippen molar-refractivity contribution in [2.24, 2.45) is 0 Å². The fraction of sp³-hybridized carbons (Fsp3) is 0.0833. The van der Waals surface area contributed by atoms with Gasteiger partial charge < -0.3 is 19.9 Å². The second-order valence-corrected chi connectivity index (χ2v) is 8.15. The first kappa shape index (κ1) is 23.2. The average Bonchev–Trinajstić information content (AvgIpc) is 3.25. The molecule has 10 heteroatoms. The quantitative estimate of drug-likeness (QED) is 0.283. The van der Waals surface area contributed by atoms with Crippen LogP contribution in [0.25, 0.3) is 22.1 Å². The molecule has 0 radical (unpaired) electrons. The number of furan rings is 1. The number of carbonyl (C=O) groups excluding carboxylic acids is 1. The number of nitrogens with zero attached hydrogens (tertiary/aromatic N) is 1. The first-order valence-corrected chi connectivity index (χ1v) is 11.2. The molecule has 1 aromatic heterocycles. The standard InChI is InChI=1S/C24H20N2O7S/c27-14-20(24(29)30)25-23(28)16-10-8-15(9-11-16)17-5-3-6-19(12-17)26(34(31)32)22-13-18-4-1-2-7-21(18)33-22/h1-13,20,27H,14H2,(H,25,28)(H,29,30)(H,31,32). The minimum atomic E-state index is -2.40. The van der Waals surface area contributed by atoms with Crippen LogP contribution in [0.1, 0.15) is 10.4 Å². The van der Waals surface area contributed by atoms with Crippen LogP contribution in [0.15, 0.2) is 83.3 Å². The number of carbonyl (C=O) groups is 2. The van der Waals surface area contributed by atoms with Gasteiger partial charge in [0, 0.05) is 17.0 Å². The van der Waals surface area contributed by atoms with E-state index in [1.165, 1.54) is 12.1 Å². The zero-order valence-electron chi connectivity index (χ0n) is 17.6. The number of carboxylic acids is 1. The van der Waals surface area contributed by atoms with Gasteiger partial charge in [-0.25, -0.2) is 13.3 Å². The Morgan fingerprint density at radius 3 is 2.35 bits per heavy atom. The largest absolute Gasteiger partial charge is 0.480 e. The highest BCUT2D eigenvalue weighted by atomic mass is 32.2. The van der Waals surface area contributed by atoms with Gasteiger partial charge in [-0.05, 0) is 41.5 Å². The molecule has 0 spiro atoms. The summed E-state index contributed by atoms with van der Waals surface area (Å²) in [6, 6.07) is 20.9. The third-order valence-corrected chi connectivity index (χ3v) is 5.82. The van der Waals surface area contributed by atoms with Gasteiger partial charge in [-0.2, -0.15) is 0 Å². The molecule has 4 aromatic rings. The number of amides is 1. The van der Waals surface area contributed by atoms with E-state index < -0.39 is 35.8 Å². The minimum absolute atomic E-state index is 0.211. The molecule has 0 aliphatic carbocycles. The molecule has 1 amide bonds. The molecular formula is C24H20N2O7S. The van der Waals surface area contributed by atoms with Crippen molar-refractivity contribution in [1.82, 2.24) is 5.32 Å². The maximum Gasteiger partial charge on any atom is 0.328 e. The van der Waals surface area contributed by atoms with E-state index in [1.54, 1.807) is 42.5 Å². The van der Waals surface area contributed by atoms with Gasteiger partial charge in [0.15, 0.2) is 6.04 Å². The second kappa shape index (κ2) is 9.87. The zero-order valence-corrected chi connectivity index (χ0v) is 18.4. The van der Waals surface area contributed by atoms with Crippen molar-refractivity contribution in [3.05, 3.63) is 84.4 Å². The summed E-state index contributed by atoms with van der Waals surface area (Å²) in [6.45, 7) is -0.722. The van der Waals surface area contributed by atoms with Gasteiger partial charge in [0.05, 0.1) is 12.3 Å². The third-order valence-electron chi connectivity index (χ3n) is 5.12. The van der Waals surface area contributed by atoms with E-state index in [1.807, 2.05) is 24.3 Å². The molecular weight excluding hydrogens is 460 g/mol. The van der Waals surface area contributed by atoms with Crippen molar-refractivity contribution in [3.8, 4) is 11.1 Å². The van der Waals surface area contributed by atoms with Crippen molar-refractivity contribution in [2.45, 2.75) is 6.04 Å². The van der Waals surface area contributed by atoms with Crippen LogP contribution in [0, 0.1) is 0 Å². The van der Waals surface area contributed by atoms with E-state index in [0.717, 1.165) is 20.8 Å². The van der Waals surface area contributed by atoms with E-state index in [2.05, 4.69) is 5.32 Å². The average molecular weight is 480 g/mol. The number of rotatable bonds is 8. The number of aliphatic carboxylic acids is 1. The van der Waals surface area contributed by atoms with Crippen LogP contribution in [0.2, 0.25) is 0 Å². The van der Waals surface area contributed by atoms with Crippen molar-refractivity contribution in [2.75, 3.05) is 10.9 Å². The Hall–Kier alpha value is -3.99. The number of nitrogens with one attached hydrogen (secondary N) is 1. The van der Waals surface area contributed by atoms with E-state index in [9.17, 15) is 18.4 Å². The molecule has 2 unspecified atom stereocenters. The third kappa shape index (κ3) is 4.84. The van der Waals surface area contributed by atoms with Crippen molar-refractivity contribution in [1.29, 1.82) is 0 Å². The number of hydrogen-bond donors (Lipinski definition) is 4. The summed E-state index contributed by atoms with van der Waals surface area (Å²) >= 11 is -2.40. The number of benzene rings is 3. The summed E-state index contributed by atoms with van der Waals surface area (Å²) in [7, 11) is 0. The Morgan fingerprint density at radius 1 is 0.971 bits per heavy atom. The smallest absolute Gasteiger partial charge is 0.328 e. The lowest BCUT2D eigenvalue weighted by molar-refractivity contribution is -0.140. The topological polar surface area (TPSA) is 140 Å². The van der Waals surface area contributed by atoms with Gasteiger partial charge in [0.2, 0.25) is 5.88 Å². The molecule has 9 nitrogen and oxygen atoms in total. The second-order valence-electron chi connectivity index (χ2n) is 7.32. The van der Waals surface area contributed by atoms with Gasteiger partial charge in [0.1, 0.15) is 5.58 Å². The van der Waals surface area contributed by atoms with Crippen molar-refractivity contribution < 1.29 is 33.0 Å². The highest BCUT2D eigenvalue weighted by molar-refractivity contribution is 7.81. The normalized spacial score (nSPS) is 12.8. The monoisotopic (exact) mass is 480 g/mol. The summed E-state index contributed by atoms with van der Waals surface area (Å²) in [6.07, 6.45) is 0. The number of hydrogen-bond acceptors (Lipinski definition) is 5. The number of fused-ring (bicyclic) bond motifs is 1. The molecule has 0 bridgehead atoms. The number of aliphatic hydroxyl groups is 1. The Morgan fingerprint density at radius 2 is 1.71 bits per heavy atom. The summed E-state index contributed by atoms with van der Waals surface area (Å²) < 4.78 is 29.1. The molecule has 174 valence electrons. The molecule has 0 saturated heterocycles. The predicted octanol–water partition coefficient (Wildman–Crippen LogP) is 3.55. The molecule has 2 atom stereocenters. The van der Waals surface area contributed by atoms with Crippen LogP contribution >= 0.6 is 0 Å². The van der Waals surface area contributed by atoms with Gasteiger partial charge in [-0.3, -0.25) is 9.35 Å². The van der Waals surface area contributed by atoms with E-state index in [-0.39, 0.29) is 11.4 Å². The lowest BCUT2D eigenvalue weighted by Gasteiger charge is -2.17. The van der Waals surface area contributed by atoms with Crippen LogP contribution < -0.4 is 9.62 Å². The highest BCUT2D eigenvalue weighted by Crippen LogP contribution is 2.34. The Balaban J connectivity index is 1.60. The fourth-order valence-electron chi connectivity index (χ4n) is 3.42. The molecule has 0 aliphatic rings. The molecule has 0 saturated carbocycles. The van der Waals surface area contributed by atoms with E-state index >= 15 is 0 Å². The van der Waals surface area contributed by atoms with Crippen LogP contribution in [0.4, 0.5) is 11.6 Å². The van der Waals surface area contributed by atoms with Crippen molar-refractivity contribution >= 4 is 45.7 Å². The summed E-state index contributed by atoms with van der Waals surface area (Å²) in [5.74, 6) is -1.75. The lowest BCUT2D eigenvalue weighted by Crippen LogP contribution is -2.43. The van der Waals surface area contributed by atoms with Crippen LogP contribution in [0.5, 0.6) is 0 Å².